The quantitative estimate of drug-likeness (QED) is 0.757. The fraction of sp³-hybridized carbons (Fsp3) is 0.391. The SMILES string of the molecule is CC(=N[C@H]1CCCC[C@@H]1N=Cc1ccc(N(C)C)cc1O)c1ccccc1O. The highest BCUT2D eigenvalue weighted by Crippen LogP contribution is 2.27. The second-order valence-electron chi connectivity index (χ2n) is 7.57. The van der Waals surface area contributed by atoms with Gasteiger partial charge in [-0.3, -0.25) is 9.98 Å². The van der Waals surface area contributed by atoms with Gasteiger partial charge in [-0.05, 0) is 44.0 Å². The number of nitrogens with zero attached hydrogens (tertiary/aromatic N) is 3. The molecule has 5 nitrogen and oxygen atoms in total. The van der Waals surface area contributed by atoms with Crippen molar-refractivity contribution < 1.29 is 10.2 Å². The fourth-order valence-corrected chi connectivity index (χ4v) is 3.61. The zero-order valence-corrected chi connectivity index (χ0v) is 16.8. The van der Waals surface area contributed by atoms with Gasteiger partial charge < -0.3 is 15.1 Å². The van der Waals surface area contributed by atoms with Crippen LogP contribution < -0.4 is 4.90 Å². The molecule has 0 radical (unpaired) electrons. The molecular weight excluding hydrogens is 350 g/mol. The minimum absolute atomic E-state index is 0.0856. The van der Waals surface area contributed by atoms with Gasteiger partial charge in [-0.25, -0.2) is 0 Å². The molecule has 0 bridgehead atoms. The molecule has 0 saturated heterocycles. The maximum absolute atomic E-state index is 10.3. The number of aliphatic imine (C=N–C) groups is 2. The molecule has 2 aromatic carbocycles. The van der Waals surface area contributed by atoms with E-state index in [2.05, 4.69) is 0 Å². The molecule has 1 fully saturated rings. The van der Waals surface area contributed by atoms with Crippen molar-refractivity contribution in [2.75, 3.05) is 19.0 Å². The summed E-state index contributed by atoms with van der Waals surface area (Å²) in [5, 5.41) is 20.4. The van der Waals surface area contributed by atoms with E-state index in [9.17, 15) is 10.2 Å². The van der Waals surface area contributed by atoms with Crippen molar-refractivity contribution >= 4 is 17.6 Å². The Labute approximate surface area is 167 Å². The number of hydrogen-bond acceptors (Lipinski definition) is 5. The number of para-hydroxylation sites is 1. The van der Waals surface area contributed by atoms with Gasteiger partial charge in [0.15, 0.2) is 0 Å². The molecule has 0 heterocycles. The third-order valence-electron chi connectivity index (χ3n) is 5.28. The minimum atomic E-state index is 0.0856. The maximum atomic E-state index is 10.3. The summed E-state index contributed by atoms with van der Waals surface area (Å²) in [6.45, 7) is 1.94. The molecule has 2 N–H and O–H groups in total. The number of phenols is 2. The highest BCUT2D eigenvalue weighted by Gasteiger charge is 2.24. The Bertz CT molecular complexity index is 874. The topological polar surface area (TPSA) is 68.4 Å². The van der Waals surface area contributed by atoms with E-state index < -0.39 is 0 Å². The van der Waals surface area contributed by atoms with Crippen LogP contribution in [0.1, 0.15) is 43.7 Å². The second kappa shape index (κ2) is 8.91. The van der Waals surface area contributed by atoms with E-state index in [4.69, 9.17) is 9.98 Å². The van der Waals surface area contributed by atoms with Crippen LogP contribution in [0.4, 0.5) is 5.69 Å². The van der Waals surface area contributed by atoms with E-state index in [1.54, 1.807) is 18.3 Å². The normalized spacial score (nSPS) is 20.5. The van der Waals surface area contributed by atoms with Gasteiger partial charge in [0.05, 0.1) is 12.1 Å². The Morgan fingerprint density at radius 2 is 1.71 bits per heavy atom. The highest BCUT2D eigenvalue weighted by molar-refractivity contribution is 6.01. The van der Waals surface area contributed by atoms with Gasteiger partial charge in [-0.1, -0.05) is 25.0 Å². The molecule has 148 valence electrons. The lowest BCUT2D eigenvalue weighted by molar-refractivity contribution is 0.389. The number of phenolic OH excluding ortho intramolecular Hbond substituents is 2. The predicted octanol–water partition coefficient (Wildman–Crippen LogP) is 4.40. The van der Waals surface area contributed by atoms with Gasteiger partial charge in [0.25, 0.3) is 0 Å². The first-order valence-corrected chi connectivity index (χ1v) is 9.82. The Balaban J connectivity index is 1.79. The Hall–Kier alpha value is -2.82. The molecule has 5 heteroatoms. The minimum Gasteiger partial charge on any atom is -0.507 e. The van der Waals surface area contributed by atoms with Crippen LogP contribution in [0.2, 0.25) is 0 Å². The van der Waals surface area contributed by atoms with E-state index in [1.165, 1.54) is 0 Å². The largest absolute Gasteiger partial charge is 0.507 e. The Kier molecular flexibility index (Phi) is 6.34. The van der Waals surface area contributed by atoms with Crippen molar-refractivity contribution in [1.29, 1.82) is 0 Å². The van der Waals surface area contributed by atoms with Gasteiger partial charge >= 0.3 is 0 Å². The third kappa shape index (κ3) is 4.71. The van der Waals surface area contributed by atoms with E-state index in [1.807, 2.05) is 56.3 Å². The van der Waals surface area contributed by atoms with Gasteiger partial charge in [-0.15, -0.1) is 0 Å². The summed E-state index contributed by atoms with van der Waals surface area (Å²) in [7, 11) is 3.89. The summed E-state index contributed by atoms with van der Waals surface area (Å²) in [5.41, 5.74) is 3.28. The monoisotopic (exact) mass is 379 g/mol. The van der Waals surface area contributed by atoms with Crippen LogP contribution >= 0.6 is 0 Å². The Morgan fingerprint density at radius 3 is 2.39 bits per heavy atom. The van der Waals surface area contributed by atoms with Crippen LogP contribution in [0.3, 0.4) is 0 Å². The standard InChI is InChI=1S/C23H29N3O2/c1-16(19-8-4-7-11-22(19)27)25-21-10-6-5-9-20(21)24-15-17-12-13-18(26(2)3)14-23(17)28/h4,7-8,11-15,20-21,27-28H,5-6,9-10H2,1-3H3/t20-,21-/m0/s1. The van der Waals surface area contributed by atoms with Crippen molar-refractivity contribution in [2.24, 2.45) is 9.98 Å². The van der Waals surface area contributed by atoms with E-state index >= 15 is 0 Å². The summed E-state index contributed by atoms with van der Waals surface area (Å²) in [6, 6.07) is 13.1. The molecule has 0 spiro atoms. The molecule has 0 unspecified atom stereocenters. The molecule has 0 aliphatic heterocycles. The zero-order valence-electron chi connectivity index (χ0n) is 16.8. The highest BCUT2D eigenvalue weighted by atomic mass is 16.3. The summed E-state index contributed by atoms with van der Waals surface area (Å²) in [5.74, 6) is 0.488. The third-order valence-corrected chi connectivity index (χ3v) is 5.28. The lowest BCUT2D eigenvalue weighted by Crippen LogP contribution is -2.28. The lowest BCUT2D eigenvalue weighted by Gasteiger charge is -2.26. The van der Waals surface area contributed by atoms with Crippen molar-refractivity contribution in [3.05, 3.63) is 53.6 Å². The van der Waals surface area contributed by atoms with E-state index in [0.29, 0.717) is 0 Å². The van der Waals surface area contributed by atoms with Crippen LogP contribution in [-0.2, 0) is 0 Å². The van der Waals surface area contributed by atoms with Crippen LogP contribution in [0.25, 0.3) is 0 Å². The van der Waals surface area contributed by atoms with Crippen molar-refractivity contribution in [3.8, 4) is 11.5 Å². The molecular formula is C23H29N3O2. The van der Waals surface area contributed by atoms with Crippen LogP contribution in [0, 0.1) is 0 Å². The van der Waals surface area contributed by atoms with Crippen LogP contribution in [0.5, 0.6) is 11.5 Å². The second-order valence-corrected chi connectivity index (χ2v) is 7.57. The summed E-state index contributed by atoms with van der Waals surface area (Å²) in [6.07, 6.45) is 6.00. The van der Waals surface area contributed by atoms with E-state index in [0.717, 1.165) is 48.2 Å². The number of anilines is 1. The molecule has 3 rings (SSSR count). The summed E-state index contributed by atoms with van der Waals surface area (Å²) in [4.78, 5) is 11.6. The van der Waals surface area contributed by atoms with Crippen LogP contribution in [0.15, 0.2) is 52.4 Å². The van der Waals surface area contributed by atoms with Crippen molar-refractivity contribution in [1.82, 2.24) is 0 Å². The summed E-state index contributed by atoms with van der Waals surface area (Å²) >= 11 is 0. The van der Waals surface area contributed by atoms with Gasteiger partial charge in [-0.2, -0.15) is 0 Å². The number of rotatable bonds is 5. The smallest absolute Gasteiger partial charge is 0.126 e. The molecule has 1 saturated carbocycles. The first kappa shape index (κ1) is 19.9. The average Bonchev–Trinajstić information content (AvgIpc) is 2.68. The molecule has 0 aromatic heterocycles. The summed E-state index contributed by atoms with van der Waals surface area (Å²) < 4.78 is 0. The van der Waals surface area contributed by atoms with Gasteiger partial charge in [0.2, 0.25) is 0 Å². The van der Waals surface area contributed by atoms with Crippen molar-refractivity contribution in [2.45, 2.75) is 44.7 Å². The number of aromatic hydroxyl groups is 2. The number of benzene rings is 2. The first-order valence-electron chi connectivity index (χ1n) is 9.82. The lowest BCUT2D eigenvalue weighted by atomic mass is 9.90. The Morgan fingerprint density at radius 1 is 1.00 bits per heavy atom. The van der Waals surface area contributed by atoms with Crippen LogP contribution in [-0.4, -0.2) is 48.3 Å². The molecule has 0 amide bonds. The molecule has 28 heavy (non-hydrogen) atoms. The maximum Gasteiger partial charge on any atom is 0.126 e. The fourth-order valence-electron chi connectivity index (χ4n) is 3.61. The van der Waals surface area contributed by atoms with Gasteiger partial charge in [0.1, 0.15) is 11.5 Å². The molecule has 2 aromatic rings. The molecule has 1 aliphatic rings. The zero-order chi connectivity index (χ0) is 20.1. The predicted molar refractivity (Wildman–Crippen MR) is 116 cm³/mol. The molecule has 2 atom stereocenters. The average molecular weight is 380 g/mol. The first-order chi connectivity index (χ1) is 13.5. The van der Waals surface area contributed by atoms with Crippen molar-refractivity contribution in [3.63, 3.8) is 0 Å². The van der Waals surface area contributed by atoms with Gasteiger partial charge in [0, 0.05) is 48.9 Å². The van der Waals surface area contributed by atoms with E-state index in [-0.39, 0.29) is 23.6 Å². The number of hydrogen-bond donors (Lipinski definition) is 2. The molecule has 1 aliphatic carbocycles.